The van der Waals surface area contributed by atoms with Crippen LogP contribution in [0.5, 0.6) is 0 Å². The van der Waals surface area contributed by atoms with Gasteiger partial charge in [0.2, 0.25) is 0 Å². The lowest BCUT2D eigenvalue weighted by atomic mass is 9.94. The molecule has 20 heavy (non-hydrogen) atoms. The molecular weight excluding hydrogens is 308 g/mol. The van der Waals surface area contributed by atoms with Crippen molar-refractivity contribution in [3.05, 3.63) is 47.5 Å². The fourth-order valence-electron chi connectivity index (χ4n) is 4.44. The topological polar surface area (TPSA) is 0 Å². The molecule has 2 aliphatic carbocycles. The van der Waals surface area contributed by atoms with Crippen LogP contribution in [0.1, 0.15) is 41.6 Å². The smallest absolute Gasteiger partial charge is 0.0437 e. The van der Waals surface area contributed by atoms with E-state index in [1.807, 2.05) is 0 Å². The van der Waals surface area contributed by atoms with E-state index in [-0.39, 0.29) is 0 Å². The molecule has 2 saturated carbocycles. The maximum atomic E-state index is 4.08. The molecule has 4 rings (SSSR count). The van der Waals surface area contributed by atoms with E-state index in [9.17, 15) is 0 Å². The summed E-state index contributed by atoms with van der Waals surface area (Å²) in [5, 5.41) is 2.82. The summed E-state index contributed by atoms with van der Waals surface area (Å²) in [4.78, 5) is 0.543. The summed E-state index contributed by atoms with van der Waals surface area (Å²) in [6.07, 6.45) is 5.82. The SMILES string of the molecule is Cc1ccc2ccccc2c1C(Br)C1C2CCCCC21. The van der Waals surface area contributed by atoms with Gasteiger partial charge in [-0.3, -0.25) is 0 Å². The number of benzene rings is 2. The van der Waals surface area contributed by atoms with Gasteiger partial charge in [0, 0.05) is 4.83 Å². The van der Waals surface area contributed by atoms with E-state index in [2.05, 4.69) is 59.3 Å². The second-order valence-corrected chi connectivity index (χ2v) is 7.60. The van der Waals surface area contributed by atoms with Crippen molar-refractivity contribution < 1.29 is 0 Å². The van der Waals surface area contributed by atoms with Crippen LogP contribution in [0, 0.1) is 24.7 Å². The van der Waals surface area contributed by atoms with Crippen LogP contribution in [0.2, 0.25) is 0 Å². The largest absolute Gasteiger partial charge is 0.0835 e. The van der Waals surface area contributed by atoms with Crippen molar-refractivity contribution in [1.29, 1.82) is 0 Å². The highest BCUT2D eigenvalue weighted by Crippen LogP contribution is 2.63. The Morgan fingerprint density at radius 2 is 1.70 bits per heavy atom. The Morgan fingerprint density at radius 3 is 2.45 bits per heavy atom. The van der Waals surface area contributed by atoms with Gasteiger partial charge < -0.3 is 0 Å². The average molecular weight is 329 g/mol. The third-order valence-corrected chi connectivity index (χ3v) is 6.59. The Balaban J connectivity index is 1.76. The van der Waals surface area contributed by atoms with Crippen molar-refractivity contribution in [1.82, 2.24) is 0 Å². The molecule has 0 radical (unpaired) electrons. The first-order valence-corrected chi connectivity index (χ1v) is 8.81. The lowest BCUT2D eigenvalue weighted by molar-refractivity contribution is 0.480. The lowest BCUT2D eigenvalue weighted by Gasteiger charge is -2.16. The summed E-state index contributed by atoms with van der Waals surface area (Å²) in [6, 6.07) is 13.4. The van der Waals surface area contributed by atoms with Crippen LogP contribution >= 0.6 is 15.9 Å². The Kier molecular flexibility index (Phi) is 3.14. The molecule has 3 atom stereocenters. The summed E-state index contributed by atoms with van der Waals surface area (Å²) in [6.45, 7) is 2.27. The molecule has 104 valence electrons. The molecule has 3 unspecified atom stereocenters. The Labute approximate surface area is 129 Å². The summed E-state index contributed by atoms with van der Waals surface area (Å²) in [5.74, 6) is 2.86. The molecule has 0 aromatic heterocycles. The number of aryl methyl sites for hydroxylation is 1. The molecule has 0 saturated heterocycles. The zero-order valence-electron chi connectivity index (χ0n) is 12.0. The highest BCUT2D eigenvalue weighted by atomic mass is 79.9. The Bertz CT molecular complexity index is 633. The molecular formula is C19H21Br. The van der Waals surface area contributed by atoms with Crippen molar-refractivity contribution >= 4 is 26.7 Å². The minimum absolute atomic E-state index is 0.543. The molecule has 2 aromatic carbocycles. The van der Waals surface area contributed by atoms with Crippen LogP contribution in [-0.2, 0) is 0 Å². The lowest BCUT2D eigenvalue weighted by Crippen LogP contribution is -1.99. The first-order chi connectivity index (χ1) is 9.77. The van der Waals surface area contributed by atoms with Crippen LogP contribution in [0.15, 0.2) is 36.4 Å². The zero-order valence-corrected chi connectivity index (χ0v) is 13.6. The highest BCUT2D eigenvalue weighted by molar-refractivity contribution is 9.09. The van der Waals surface area contributed by atoms with E-state index >= 15 is 0 Å². The van der Waals surface area contributed by atoms with Gasteiger partial charge in [-0.05, 0) is 59.4 Å². The minimum Gasteiger partial charge on any atom is -0.0835 e. The molecule has 0 aliphatic heterocycles. The summed E-state index contributed by atoms with van der Waals surface area (Å²) >= 11 is 4.08. The van der Waals surface area contributed by atoms with Crippen molar-refractivity contribution in [2.24, 2.45) is 17.8 Å². The molecule has 2 aromatic rings. The predicted octanol–water partition coefficient (Wildman–Crippen LogP) is 6.02. The molecule has 0 spiro atoms. The van der Waals surface area contributed by atoms with Gasteiger partial charge in [-0.1, -0.05) is 65.2 Å². The van der Waals surface area contributed by atoms with Crippen LogP contribution in [0.25, 0.3) is 10.8 Å². The monoisotopic (exact) mass is 328 g/mol. The van der Waals surface area contributed by atoms with Gasteiger partial charge >= 0.3 is 0 Å². The van der Waals surface area contributed by atoms with Crippen LogP contribution in [0.3, 0.4) is 0 Å². The molecule has 0 heterocycles. The van der Waals surface area contributed by atoms with Crippen LogP contribution < -0.4 is 0 Å². The average Bonchev–Trinajstić information content (AvgIpc) is 3.21. The number of rotatable bonds is 2. The number of hydrogen-bond donors (Lipinski definition) is 0. The number of fused-ring (bicyclic) bond motifs is 2. The highest BCUT2D eigenvalue weighted by Gasteiger charge is 2.54. The Morgan fingerprint density at radius 1 is 1.00 bits per heavy atom. The molecule has 2 fully saturated rings. The molecule has 1 heteroatoms. The molecule has 2 aliphatic rings. The predicted molar refractivity (Wildman–Crippen MR) is 89.3 cm³/mol. The second-order valence-electron chi connectivity index (χ2n) is 6.61. The van der Waals surface area contributed by atoms with Gasteiger partial charge in [0.25, 0.3) is 0 Å². The third-order valence-electron chi connectivity index (χ3n) is 5.53. The number of halogens is 1. The second kappa shape index (κ2) is 4.87. The van der Waals surface area contributed by atoms with E-state index in [0.29, 0.717) is 4.83 Å². The fourth-order valence-corrected chi connectivity index (χ4v) is 5.84. The summed E-state index contributed by atoms with van der Waals surface area (Å²) in [7, 11) is 0. The van der Waals surface area contributed by atoms with Gasteiger partial charge in [-0.2, -0.15) is 0 Å². The quantitative estimate of drug-likeness (QED) is 0.591. The normalized spacial score (nSPS) is 30.0. The number of hydrogen-bond acceptors (Lipinski definition) is 0. The van der Waals surface area contributed by atoms with Crippen LogP contribution in [0.4, 0.5) is 0 Å². The molecule has 0 N–H and O–H groups in total. The summed E-state index contributed by atoms with van der Waals surface area (Å²) < 4.78 is 0. The third kappa shape index (κ3) is 1.94. The fraction of sp³-hybridized carbons (Fsp3) is 0.474. The van der Waals surface area contributed by atoms with Gasteiger partial charge in [-0.25, -0.2) is 0 Å². The van der Waals surface area contributed by atoms with Gasteiger partial charge in [0.15, 0.2) is 0 Å². The van der Waals surface area contributed by atoms with Gasteiger partial charge in [0.1, 0.15) is 0 Å². The maximum Gasteiger partial charge on any atom is 0.0437 e. The minimum atomic E-state index is 0.543. The van der Waals surface area contributed by atoms with Gasteiger partial charge in [-0.15, -0.1) is 0 Å². The van der Waals surface area contributed by atoms with E-state index in [0.717, 1.165) is 17.8 Å². The maximum absolute atomic E-state index is 4.08. The van der Waals surface area contributed by atoms with E-state index in [4.69, 9.17) is 0 Å². The molecule has 0 amide bonds. The van der Waals surface area contributed by atoms with Crippen molar-refractivity contribution in [2.45, 2.75) is 37.4 Å². The van der Waals surface area contributed by atoms with Crippen molar-refractivity contribution in [3.8, 4) is 0 Å². The van der Waals surface area contributed by atoms with Crippen molar-refractivity contribution in [2.75, 3.05) is 0 Å². The van der Waals surface area contributed by atoms with Crippen LogP contribution in [-0.4, -0.2) is 0 Å². The molecule has 0 bridgehead atoms. The zero-order chi connectivity index (χ0) is 13.7. The van der Waals surface area contributed by atoms with E-state index < -0.39 is 0 Å². The van der Waals surface area contributed by atoms with E-state index in [1.165, 1.54) is 42.0 Å². The first-order valence-electron chi connectivity index (χ1n) is 7.89. The molecule has 0 nitrogen and oxygen atoms in total. The summed E-state index contributed by atoms with van der Waals surface area (Å²) in [5.41, 5.74) is 2.98. The van der Waals surface area contributed by atoms with Gasteiger partial charge in [0.05, 0.1) is 0 Å². The van der Waals surface area contributed by atoms with Crippen molar-refractivity contribution in [3.63, 3.8) is 0 Å². The number of alkyl halides is 1. The Hall–Kier alpha value is -0.820. The standard InChI is InChI=1S/C19H21Br/c1-12-10-11-13-6-2-3-7-14(13)17(12)19(20)18-15-8-4-5-9-16(15)18/h2-3,6-7,10-11,15-16,18-19H,4-5,8-9H2,1H3. The van der Waals surface area contributed by atoms with E-state index in [1.54, 1.807) is 5.56 Å². The first kappa shape index (κ1) is 12.9.